The van der Waals surface area contributed by atoms with E-state index in [2.05, 4.69) is 30.9 Å². The van der Waals surface area contributed by atoms with Crippen molar-refractivity contribution in [3.8, 4) is 34.0 Å². The number of H-pyrrole nitrogens is 1. The van der Waals surface area contributed by atoms with Gasteiger partial charge in [-0.15, -0.1) is 10.2 Å². The van der Waals surface area contributed by atoms with Crippen LogP contribution in [-0.2, 0) is 0 Å². The summed E-state index contributed by atoms with van der Waals surface area (Å²) in [7, 11) is 1.59. The van der Waals surface area contributed by atoms with Gasteiger partial charge in [0.25, 0.3) is 0 Å². The molecule has 2 aromatic heterocycles. The van der Waals surface area contributed by atoms with Gasteiger partial charge in [-0.2, -0.15) is 5.21 Å². The molecule has 4 rings (SSSR count). The summed E-state index contributed by atoms with van der Waals surface area (Å²) in [6, 6.07) is 7.28. The number of nitrogens with zero attached hydrogens (tertiary/aromatic N) is 4. The molecule has 144 valence electrons. The van der Waals surface area contributed by atoms with Crippen molar-refractivity contribution in [1.29, 1.82) is 0 Å². The lowest BCUT2D eigenvalue weighted by molar-refractivity contribution is 0.196. The number of nitrogens with one attached hydrogen (secondary N) is 2. The molecule has 2 N–H and O–H groups in total. The highest BCUT2D eigenvalue weighted by atomic mass is 16.6. The number of benzene rings is 1. The van der Waals surface area contributed by atoms with Crippen molar-refractivity contribution in [2.75, 3.05) is 7.11 Å². The van der Waals surface area contributed by atoms with E-state index in [0.29, 0.717) is 22.9 Å². The molecule has 1 amide bonds. The summed E-state index contributed by atoms with van der Waals surface area (Å²) in [4.78, 5) is 16.4. The summed E-state index contributed by atoms with van der Waals surface area (Å²) in [5.41, 5.74) is 2.23. The molecule has 1 fully saturated rings. The van der Waals surface area contributed by atoms with Crippen LogP contribution in [0, 0.1) is 0 Å². The first-order valence-corrected chi connectivity index (χ1v) is 9.08. The van der Waals surface area contributed by atoms with Crippen LogP contribution in [0.3, 0.4) is 0 Å². The van der Waals surface area contributed by atoms with E-state index in [9.17, 15) is 4.79 Å². The topological polar surface area (TPSA) is 115 Å². The van der Waals surface area contributed by atoms with Gasteiger partial charge in [0.1, 0.15) is 11.5 Å². The number of aromatic amines is 1. The summed E-state index contributed by atoms with van der Waals surface area (Å²) in [6.45, 7) is 0. The molecule has 1 aliphatic carbocycles. The summed E-state index contributed by atoms with van der Waals surface area (Å²) < 4.78 is 10.9. The summed E-state index contributed by atoms with van der Waals surface area (Å²) in [5.74, 6) is 1.50. The number of methoxy groups -OCH3 is 1. The average Bonchev–Trinajstić information content (AvgIpc) is 3.42. The quantitative estimate of drug-likeness (QED) is 0.699. The third-order valence-electron chi connectivity index (χ3n) is 4.71. The number of rotatable bonds is 5. The first-order chi connectivity index (χ1) is 13.7. The smallest absolute Gasteiger partial charge is 0.412 e. The molecule has 1 aromatic carbocycles. The number of carbonyl (C=O) groups excluding carboxylic acids is 1. The molecular weight excluding hydrogens is 360 g/mol. The molecule has 0 bridgehead atoms. The van der Waals surface area contributed by atoms with Gasteiger partial charge >= 0.3 is 6.09 Å². The highest BCUT2D eigenvalue weighted by Gasteiger charge is 2.19. The molecule has 28 heavy (non-hydrogen) atoms. The Kier molecular flexibility index (Phi) is 5.14. The van der Waals surface area contributed by atoms with Crippen LogP contribution in [0.25, 0.3) is 22.5 Å². The van der Waals surface area contributed by atoms with Crippen LogP contribution in [0.15, 0.2) is 36.7 Å². The van der Waals surface area contributed by atoms with Gasteiger partial charge in [-0.25, -0.2) is 4.79 Å². The highest BCUT2D eigenvalue weighted by Crippen LogP contribution is 2.34. The van der Waals surface area contributed by atoms with E-state index in [4.69, 9.17) is 9.47 Å². The van der Waals surface area contributed by atoms with Crippen molar-refractivity contribution >= 4 is 6.09 Å². The van der Waals surface area contributed by atoms with Crippen molar-refractivity contribution in [2.24, 2.45) is 0 Å². The maximum atomic E-state index is 12.2. The number of amides is 1. The van der Waals surface area contributed by atoms with Gasteiger partial charge in [0.15, 0.2) is 0 Å². The SMILES string of the molecule is COc1ccc(OC(=O)NC2CCCC2)cc1-c1cncc(-c2nn[nH]n2)c1. The fourth-order valence-electron chi connectivity index (χ4n) is 3.34. The van der Waals surface area contributed by atoms with Crippen LogP contribution in [0.4, 0.5) is 4.79 Å². The predicted octanol–water partition coefficient (Wildman–Crippen LogP) is 2.97. The molecule has 0 atom stereocenters. The first-order valence-electron chi connectivity index (χ1n) is 9.08. The molecule has 3 aromatic rings. The molecule has 0 radical (unpaired) electrons. The largest absolute Gasteiger partial charge is 0.496 e. The van der Waals surface area contributed by atoms with Gasteiger partial charge in [-0.05, 0) is 42.3 Å². The minimum Gasteiger partial charge on any atom is -0.496 e. The molecule has 2 heterocycles. The molecule has 9 heteroatoms. The van der Waals surface area contributed by atoms with Crippen LogP contribution in [-0.4, -0.2) is 44.9 Å². The Labute approximate surface area is 161 Å². The third-order valence-corrected chi connectivity index (χ3v) is 4.71. The van der Waals surface area contributed by atoms with Gasteiger partial charge in [0.05, 0.1) is 7.11 Å². The molecule has 0 saturated heterocycles. The van der Waals surface area contributed by atoms with Gasteiger partial charge in [-0.3, -0.25) is 4.98 Å². The minimum atomic E-state index is -0.443. The van der Waals surface area contributed by atoms with Crippen LogP contribution in [0.5, 0.6) is 11.5 Å². The Bertz CT molecular complexity index is 954. The van der Waals surface area contributed by atoms with Crippen molar-refractivity contribution in [2.45, 2.75) is 31.7 Å². The minimum absolute atomic E-state index is 0.195. The normalized spacial score (nSPS) is 14.0. The fourth-order valence-corrected chi connectivity index (χ4v) is 3.34. The zero-order chi connectivity index (χ0) is 19.3. The molecule has 1 saturated carbocycles. The number of hydrogen-bond donors (Lipinski definition) is 2. The van der Waals surface area contributed by atoms with E-state index < -0.39 is 6.09 Å². The number of aromatic nitrogens is 5. The van der Waals surface area contributed by atoms with E-state index in [1.54, 1.807) is 37.7 Å². The Morgan fingerprint density at radius 2 is 2.00 bits per heavy atom. The number of carbonyl (C=O) groups is 1. The Balaban J connectivity index is 1.58. The van der Waals surface area contributed by atoms with E-state index in [1.165, 1.54) is 0 Å². The van der Waals surface area contributed by atoms with Gasteiger partial charge < -0.3 is 14.8 Å². The fraction of sp³-hybridized carbons (Fsp3) is 0.316. The lowest BCUT2D eigenvalue weighted by Crippen LogP contribution is -2.34. The molecule has 0 aliphatic heterocycles. The summed E-state index contributed by atoms with van der Waals surface area (Å²) >= 11 is 0. The lowest BCUT2D eigenvalue weighted by Gasteiger charge is -2.14. The highest BCUT2D eigenvalue weighted by molar-refractivity contribution is 5.76. The average molecular weight is 380 g/mol. The predicted molar refractivity (Wildman–Crippen MR) is 101 cm³/mol. The monoisotopic (exact) mass is 380 g/mol. The Morgan fingerprint density at radius 3 is 2.75 bits per heavy atom. The van der Waals surface area contributed by atoms with E-state index >= 15 is 0 Å². The van der Waals surface area contributed by atoms with Crippen LogP contribution < -0.4 is 14.8 Å². The van der Waals surface area contributed by atoms with Gasteiger partial charge in [0.2, 0.25) is 5.82 Å². The van der Waals surface area contributed by atoms with E-state index in [1.807, 2.05) is 6.07 Å². The zero-order valence-electron chi connectivity index (χ0n) is 15.4. The van der Waals surface area contributed by atoms with E-state index in [0.717, 1.165) is 36.8 Å². The van der Waals surface area contributed by atoms with E-state index in [-0.39, 0.29) is 6.04 Å². The number of ether oxygens (including phenoxy) is 2. The summed E-state index contributed by atoms with van der Waals surface area (Å²) in [5, 5.41) is 16.9. The molecule has 1 aliphatic rings. The number of hydrogen-bond acceptors (Lipinski definition) is 7. The number of tetrazole rings is 1. The second-order valence-electron chi connectivity index (χ2n) is 6.58. The molecule has 9 nitrogen and oxygen atoms in total. The van der Waals surface area contributed by atoms with Gasteiger partial charge in [-0.1, -0.05) is 12.8 Å². The second kappa shape index (κ2) is 8.03. The lowest BCUT2D eigenvalue weighted by atomic mass is 10.0. The van der Waals surface area contributed by atoms with Crippen LogP contribution in [0.1, 0.15) is 25.7 Å². The molecule has 0 spiro atoms. The Morgan fingerprint density at radius 1 is 1.18 bits per heavy atom. The van der Waals surface area contributed by atoms with Crippen molar-refractivity contribution < 1.29 is 14.3 Å². The maximum Gasteiger partial charge on any atom is 0.412 e. The first kappa shape index (κ1) is 17.9. The number of pyridine rings is 1. The molecular formula is C19H20N6O3. The van der Waals surface area contributed by atoms with Crippen LogP contribution in [0.2, 0.25) is 0 Å². The standard InChI is InChI=1S/C19H20N6O3/c1-27-17-7-6-15(28-19(26)21-14-4-2-3-5-14)9-16(17)12-8-13(11-20-10-12)18-22-24-25-23-18/h6-11,14H,2-5H2,1H3,(H,21,26)(H,22,23,24,25). The van der Waals surface area contributed by atoms with Crippen LogP contribution >= 0.6 is 0 Å². The zero-order valence-corrected chi connectivity index (χ0v) is 15.4. The summed E-state index contributed by atoms with van der Waals surface area (Å²) in [6.07, 6.45) is 7.18. The third kappa shape index (κ3) is 3.93. The molecule has 0 unspecified atom stereocenters. The maximum absolute atomic E-state index is 12.2. The Hall–Kier alpha value is -3.49. The van der Waals surface area contributed by atoms with Gasteiger partial charge in [0, 0.05) is 35.1 Å². The van der Waals surface area contributed by atoms with Crippen molar-refractivity contribution in [3.63, 3.8) is 0 Å². The van der Waals surface area contributed by atoms with Crippen molar-refractivity contribution in [1.82, 2.24) is 30.9 Å². The second-order valence-corrected chi connectivity index (χ2v) is 6.58. The van der Waals surface area contributed by atoms with Crippen molar-refractivity contribution in [3.05, 3.63) is 36.7 Å².